The van der Waals surface area contributed by atoms with Crippen LogP contribution in [0, 0.1) is 18.6 Å². The molecular formula is C17H11F2N3O3S. The van der Waals surface area contributed by atoms with Gasteiger partial charge >= 0.3 is 5.97 Å². The van der Waals surface area contributed by atoms with Gasteiger partial charge in [-0.3, -0.25) is 4.79 Å². The third-order valence-corrected chi connectivity index (χ3v) is 4.45. The van der Waals surface area contributed by atoms with E-state index in [4.69, 9.17) is 4.74 Å². The molecular weight excluding hydrogens is 364 g/mol. The molecule has 0 saturated carbocycles. The van der Waals surface area contributed by atoms with Crippen molar-refractivity contribution in [3.8, 4) is 10.8 Å². The molecule has 0 unspecified atom stereocenters. The maximum atomic E-state index is 13.2. The zero-order valence-corrected chi connectivity index (χ0v) is 14.2. The van der Waals surface area contributed by atoms with Crippen molar-refractivity contribution in [3.05, 3.63) is 64.4 Å². The number of benzene rings is 1. The van der Waals surface area contributed by atoms with Crippen molar-refractivity contribution >= 4 is 23.1 Å². The highest BCUT2D eigenvalue weighted by molar-refractivity contribution is 7.16. The molecule has 3 aromatic rings. The van der Waals surface area contributed by atoms with E-state index in [1.54, 1.807) is 25.4 Å². The van der Waals surface area contributed by atoms with E-state index in [0.717, 1.165) is 29.5 Å². The van der Waals surface area contributed by atoms with Gasteiger partial charge in [0.1, 0.15) is 4.88 Å². The first kappa shape index (κ1) is 17.7. The Bertz CT molecular complexity index is 977. The zero-order valence-electron chi connectivity index (χ0n) is 13.4. The zero-order chi connectivity index (χ0) is 18.7. The molecule has 0 aliphatic rings. The summed E-state index contributed by atoms with van der Waals surface area (Å²) < 4.78 is 31.0. The van der Waals surface area contributed by atoms with Gasteiger partial charge < -0.3 is 4.74 Å². The van der Waals surface area contributed by atoms with Gasteiger partial charge in [0, 0.05) is 18.0 Å². The molecule has 0 fully saturated rings. The van der Waals surface area contributed by atoms with Crippen molar-refractivity contribution in [2.24, 2.45) is 0 Å². The van der Waals surface area contributed by atoms with Crippen LogP contribution in [0.2, 0.25) is 0 Å². The van der Waals surface area contributed by atoms with Crippen LogP contribution in [-0.2, 0) is 4.74 Å². The summed E-state index contributed by atoms with van der Waals surface area (Å²) >= 11 is 1.04. The number of aromatic nitrogens is 3. The Morgan fingerprint density at radius 2 is 1.88 bits per heavy atom. The first-order valence-electron chi connectivity index (χ1n) is 7.36. The lowest BCUT2D eigenvalue weighted by molar-refractivity contribution is 0.0478. The molecule has 0 aliphatic carbocycles. The molecule has 0 bridgehead atoms. The van der Waals surface area contributed by atoms with E-state index in [2.05, 4.69) is 15.0 Å². The SMILES string of the molecule is Cc1nc(-c2ncccn2)sc1C(=O)OCC(=O)c1ccc(F)c(F)c1. The van der Waals surface area contributed by atoms with Crippen LogP contribution >= 0.6 is 11.3 Å². The van der Waals surface area contributed by atoms with Crippen LogP contribution in [0.15, 0.2) is 36.7 Å². The van der Waals surface area contributed by atoms with Gasteiger partial charge in [-0.1, -0.05) is 0 Å². The number of Topliss-reactive ketones (excluding diaryl/α,β-unsaturated/α-hetero) is 1. The van der Waals surface area contributed by atoms with E-state index >= 15 is 0 Å². The van der Waals surface area contributed by atoms with E-state index in [-0.39, 0.29) is 10.4 Å². The van der Waals surface area contributed by atoms with E-state index < -0.39 is 30.0 Å². The third kappa shape index (κ3) is 3.77. The summed E-state index contributed by atoms with van der Waals surface area (Å²) in [6, 6.07) is 4.37. The maximum Gasteiger partial charge on any atom is 0.350 e. The number of aryl methyl sites for hydroxylation is 1. The largest absolute Gasteiger partial charge is 0.453 e. The first-order valence-corrected chi connectivity index (χ1v) is 8.17. The molecule has 0 amide bonds. The third-order valence-electron chi connectivity index (χ3n) is 3.31. The highest BCUT2D eigenvalue weighted by Crippen LogP contribution is 2.25. The van der Waals surface area contributed by atoms with Gasteiger partial charge in [0.15, 0.2) is 34.9 Å². The van der Waals surface area contributed by atoms with E-state index in [9.17, 15) is 18.4 Å². The fourth-order valence-electron chi connectivity index (χ4n) is 2.04. The summed E-state index contributed by atoms with van der Waals surface area (Å²) in [6.07, 6.45) is 3.11. The Labute approximate surface area is 150 Å². The molecule has 0 spiro atoms. The fourth-order valence-corrected chi connectivity index (χ4v) is 2.95. The number of carbonyl (C=O) groups excluding carboxylic acids is 2. The van der Waals surface area contributed by atoms with Crippen molar-refractivity contribution < 1.29 is 23.1 Å². The number of ketones is 1. The topological polar surface area (TPSA) is 82.0 Å². The summed E-state index contributed by atoms with van der Waals surface area (Å²) in [5.41, 5.74) is 0.332. The van der Waals surface area contributed by atoms with Crippen molar-refractivity contribution in [1.82, 2.24) is 15.0 Å². The number of esters is 1. The van der Waals surface area contributed by atoms with Crippen LogP contribution in [-0.4, -0.2) is 33.3 Å². The van der Waals surface area contributed by atoms with Crippen molar-refractivity contribution in [2.75, 3.05) is 6.61 Å². The van der Waals surface area contributed by atoms with E-state index in [1.165, 1.54) is 0 Å². The number of nitrogens with zero attached hydrogens (tertiary/aromatic N) is 3. The van der Waals surface area contributed by atoms with Crippen LogP contribution in [0.3, 0.4) is 0 Å². The highest BCUT2D eigenvalue weighted by atomic mass is 32.1. The second kappa shape index (κ2) is 7.44. The number of halogens is 2. The minimum Gasteiger partial charge on any atom is -0.453 e. The molecule has 0 radical (unpaired) electrons. The summed E-state index contributed by atoms with van der Waals surface area (Å²) in [6.45, 7) is 1.02. The average molecular weight is 375 g/mol. The molecule has 132 valence electrons. The maximum absolute atomic E-state index is 13.2. The normalized spacial score (nSPS) is 10.6. The van der Waals surface area contributed by atoms with Crippen molar-refractivity contribution in [2.45, 2.75) is 6.92 Å². The predicted octanol–water partition coefficient (Wildman–Crippen LogP) is 3.23. The number of hydrogen-bond acceptors (Lipinski definition) is 7. The predicted molar refractivity (Wildman–Crippen MR) is 88.8 cm³/mol. The van der Waals surface area contributed by atoms with Gasteiger partial charge in [0.25, 0.3) is 0 Å². The molecule has 0 N–H and O–H groups in total. The van der Waals surface area contributed by atoms with Gasteiger partial charge in [-0.05, 0) is 31.2 Å². The molecule has 1 aromatic carbocycles. The monoisotopic (exact) mass is 375 g/mol. The molecule has 3 rings (SSSR count). The van der Waals surface area contributed by atoms with Crippen LogP contribution in [0.1, 0.15) is 25.7 Å². The molecule has 9 heteroatoms. The summed E-state index contributed by atoms with van der Waals surface area (Å²) in [5.74, 6) is -3.22. The second-order valence-electron chi connectivity index (χ2n) is 5.13. The summed E-state index contributed by atoms with van der Waals surface area (Å²) in [5, 5.41) is 0.446. The van der Waals surface area contributed by atoms with Crippen LogP contribution in [0.4, 0.5) is 8.78 Å². The Morgan fingerprint density at radius 1 is 1.15 bits per heavy atom. The molecule has 6 nitrogen and oxygen atoms in total. The lowest BCUT2D eigenvalue weighted by Gasteiger charge is -2.04. The average Bonchev–Trinajstić information content (AvgIpc) is 3.04. The lowest BCUT2D eigenvalue weighted by atomic mass is 10.1. The Hall–Kier alpha value is -3.07. The molecule has 0 saturated heterocycles. The van der Waals surface area contributed by atoms with Gasteiger partial charge in [-0.2, -0.15) is 0 Å². The number of rotatable bonds is 5. The Morgan fingerprint density at radius 3 is 2.58 bits per heavy atom. The number of thiazole rings is 1. The highest BCUT2D eigenvalue weighted by Gasteiger charge is 2.20. The molecule has 2 heterocycles. The van der Waals surface area contributed by atoms with Gasteiger partial charge in [-0.25, -0.2) is 28.5 Å². The summed E-state index contributed by atoms with van der Waals surface area (Å²) in [4.78, 5) is 36.7. The second-order valence-corrected chi connectivity index (χ2v) is 6.13. The minimum atomic E-state index is -1.15. The molecule has 26 heavy (non-hydrogen) atoms. The standard InChI is InChI=1S/C17H11F2N3O3S/c1-9-14(26-16(22-9)15-20-5-2-6-21-15)17(24)25-8-13(23)10-3-4-11(18)12(19)7-10/h2-7H,8H2,1H3. The molecule has 0 aliphatic heterocycles. The molecule has 0 atom stereocenters. The van der Waals surface area contributed by atoms with Crippen molar-refractivity contribution in [1.29, 1.82) is 0 Å². The first-order chi connectivity index (χ1) is 12.5. The number of ether oxygens (including phenoxy) is 1. The summed E-state index contributed by atoms with van der Waals surface area (Å²) in [7, 11) is 0. The van der Waals surface area contributed by atoms with Crippen molar-refractivity contribution in [3.63, 3.8) is 0 Å². The smallest absolute Gasteiger partial charge is 0.350 e. The Kier molecular flexibility index (Phi) is 5.08. The minimum absolute atomic E-state index is 0.0869. The Balaban J connectivity index is 1.69. The number of carbonyl (C=O) groups is 2. The number of hydrogen-bond donors (Lipinski definition) is 0. The van der Waals surface area contributed by atoms with Crippen LogP contribution in [0.5, 0.6) is 0 Å². The quantitative estimate of drug-likeness (QED) is 0.503. The van der Waals surface area contributed by atoms with Gasteiger partial charge in [0.05, 0.1) is 5.69 Å². The van der Waals surface area contributed by atoms with Crippen LogP contribution in [0.25, 0.3) is 10.8 Å². The molecule has 2 aromatic heterocycles. The van der Waals surface area contributed by atoms with Gasteiger partial charge in [-0.15, -0.1) is 11.3 Å². The lowest BCUT2D eigenvalue weighted by Crippen LogP contribution is -2.14. The van der Waals surface area contributed by atoms with Gasteiger partial charge in [0.2, 0.25) is 0 Å². The van der Waals surface area contributed by atoms with E-state index in [1.807, 2.05) is 0 Å². The van der Waals surface area contributed by atoms with Crippen LogP contribution < -0.4 is 0 Å². The van der Waals surface area contributed by atoms with E-state index in [0.29, 0.717) is 16.5 Å². The fraction of sp³-hybridized carbons (Fsp3) is 0.118.